The van der Waals surface area contributed by atoms with Crippen molar-refractivity contribution < 1.29 is 14.3 Å². The van der Waals surface area contributed by atoms with Crippen LogP contribution in [-0.4, -0.2) is 75.7 Å². The topological polar surface area (TPSA) is 90.6 Å². The smallest absolute Gasteiger partial charge is 0.239 e. The number of aromatic amines is 1. The Morgan fingerprint density at radius 3 is 2.70 bits per heavy atom. The molecule has 4 aromatic rings. The van der Waals surface area contributed by atoms with Crippen molar-refractivity contribution in [2.45, 2.75) is 35.1 Å². The molecule has 6 rings (SSSR count). The maximum atomic E-state index is 14.5. The molecule has 2 atom stereocenters. The fourth-order valence-corrected chi connectivity index (χ4v) is 7.71. The van der Waals surface area contributed by atoms with Crippen molar-refractivity contribution in [3.8, 4) is 0 Å². The van der Waals surface area contributed by atoms with Crippen LogP contribution in [0.4, 0.5) is 0 Å². The maximum absolute atomic E-state index is 14.5. The highest BCUT2D eigenvalue weighted by atomic mass is 35.5. The molecule has 2 aliphatic heterocycles. The fourth-order valence-electron chi connectivity index (χ4n) is 5.98. The molecule has 2 aromatic heterocycles. The molecule has 11 heteroatoms. The lowest BCUT2D eigenvalue weighted by atomic mass is 9.91. The number of fused-ring (bicyclic) bond motifs is 1. The number of hydrogen-bond donors (Lipinski definition) is 2. The first-order valence-electron chi connectivity index (χ1n) is 14.4. The summed E-state index contributed by atoms with van der Waals surface area (Å²) in [7, 11) is 0. The second kappa shape index (κ2) is 13.3. The second-order valence-electron chi connectivity index (χ2n) is 10.9. The number of H-pyrrole nitrogens is 1. The highest BCUT2D eigenvalue weighted by Gasteiger charge is 2.58. The zero-order valence-corrected chi connectivity index (χ0v) is 25.9. The lowest BCUT2D eigenvalue weighted by molar-refractivity contribution is -0.129. The van der Waals surface area contributed by atoms with Gasteiger partial charge in [0.2, 0.25) is 11.8 Å². The first-order chi connectivity index (χ1) is 20.9. The summed E-state index contributed by atoms with van der Waals surface area (Å²) in [6.07, 6.45) is 4.44. The molecule has 224 valence electrons. The number of aromatic nitrogens is 2. The molecule has 2 fully saturated rings. The Kier molecular flexibility index (Phi) is 9.25. The van der Waals surface area contributed by atoms with Crippen molar-refractivity contribution in [2.75, 3.05) is 39.4 Å². The SMILES string of the molecule is O=C1C[C@](Sc2ccccc2)(C(=O)NCCCN2CCOCC2)[C@@H](c2c[nH]c3cc(Cl)ccc23)N1Cc1ccc(Cl)nc1. The minimum Gasteiger partial charge on any atom is -0.379 e. The summed E-state index contributed by atoms with van der Waals surface area (Å²) in [5.41, 5.74) is 2.54. The number of morpholine rings is 1. The quantitative estimate of drug-likeness (QED) is 0.171. The van der Waals surface area contributed by atoms with Crippen molar-refractivity contribution in [1.82, 2.24) is 25.1 Å². The van der Waals surface area contributed by atoms with E-state index in [9.17, 15) is 9.59 Å². The van der Waals surface area contributed by atoms with E-state index < -0.39 is 10.8 Å². The van der Waals surface area contributed by atoms with Gasteiger partial charge in [-0.05, 0) is 48.9 Å². The van der Waals surface area contributed by atoms with Crippen molar-refractivity contribution in [3.63, 3.8) is 0 Å². The van der Waals surface area contributed by atoms with Crippen LogP contribution in [0.15, 0.2) is 78.0 Å². The number of carbonyl (C=O) groups is 2. The summed E-state index contributed by atoms with van der Waals surface area (Å²) in [6.45, 7) is 4.95. The van der Waals surface area contributed by atoms with E-state index in [1.165, 1.54) is 11.8 Å². The van der Waals surface area contributed by atoms with Crippen LogP contribution in [0, 0.1) is 0 Å². The Labute approximate surface area is 265 Å². The third-order valence-electron chi connectivity index (χ3n) is 8.07. The number of halogens is 2. The van der Waals surface area contributed by atoms with E-state index in [0.717, 1.165) is 66.2 Å². The van der Waals surface area contributed by atoms with Gasteiger partial charge in [0.15, 0.2) is 0 Å². The van der Waals surface area contributed by atoms with Gasteiger partial charge in [-0.1, -0.05) is 53.5 Å². The number of rotatable bonds is 10. The van der Waals surface area contributed by atoms with E-state index in [1.807, 2.05) is 65.7 Å². The van der Waals surface area contributed by atoms with E-state index >= 15 is 0 Å². The van der Waals surface area contributed by atoms with Gasteiger partial charge in [-0.3, -0.25) is 14.5 Å². The number of hydrogen-bond acceptors (Lipinski definition) is 6. The van der Waals surface area contributed by atoms with Crippen LogP contribution in [0.2, 0.25) is 10.2 Å². The molecule has 2 aromatic carbocycles. The molecule has 8 nitrogen and oxygen atoms in total. The van der Waals surface area contributed by atoms with Gasteiger partial charge in [0.25, 0.3) is 0 Å². The van der Waals surface area contributed by atoms with Crippen molar-refractivity contribution in [2.24, 2.45) is 0 Å². The predicted octanol–water partition coefficient (Wildman–Crippen LogP) is 5.71. The average Bonchev–Trinajstić information content (AvgIpc) is 3.54. The van der Waals surface area contributed by atoms with E-state index in [0.29, 0.717) is 16.7 Å². The van der Waals surface area contributed by atoms with Crippen molar-refractivity contribution in [3.05, 3.63) is 94.4 Å². The summed E-state index contributed by atoms with van der Waals surface area (Å²) in [6, 6.07) is 18.5. The Morgan fingerprint density at radius 1 is 1.12 bits per heavy atom. The van der Waals surface area contributed by atoms with Gasteiger partial charge < -0.3 is 19.9 Å². The van der Waals surface area contributed by atoms with Crippen LogP contribution in [0.3, 0.4) is 0 Å². The summed E-state index contributed by atoms with van der Waals surface area (Å²) < 4.78 is 4.33. The van der Waals surface area contributed by atoms with Crippen molar-refractivity contribution >= 4 is 57.7 Å². The normalized spacial score (nSPS) is 21.0. The van der Waals surface area contributed by atoms with E-state index in [-0.39, 0.29) is 24.8 Å². The molecular weight excluding hydrogens is 605 g/mol. The molecule has 43 heavy (non-hydrogen) atoms. The van der Waals surface area contributed by atoms with Gasteiger partial charge in [-0.15, -0.1) is 11.8 Å². The first kappa shape index (κ1) is 30.0. The summed E-state index contributed by atoms with van der Waals surface area (Å²) in [4.78, 5) is 41.2. The zero-order valence-electron chi connectivity index (χ0n) is 23.6. The van der Waals surface area contributed by atoms with Crippen LogP contribution in [0.1, 0.15) is 30.0 Å². The molecule has 0 radical (unpaired) electrons. The Balaban J connectivity index is 1.38. The largest absolute Gasteiger partial charge is 0.379 e. The van der Waals surface area contributed by atoms with E-state index in [4.69, 9.17) is 27.9 Å². The summed E-state index contributed by atoms with van der Waals surface area (Å²) in [5, 5.41) is 5.14. The number of nitrogens with one attached hydrogen (secondary N) is 2. The Bertz CT molecular complexity index is 1580. The molecule has 0 saturated carbocycles. The zero-order chi connectivity index (χ0) is 29.8. The Morgan fingerprint density at radius 2 is 1.93 bits per heavy atom. The molecule has 4 heterocycles. The van der Waals surface area contributed by atoms with Gasteiger partial charge in [-0.2, -0.15) is 0 Å². The van der Waals surface area contributed by atoms with Crippen LogP contribution >= 0.6 is 35.0 Å². The van der Waals surface area contributed by atoms with Crippen LogP contribution in [0.5, 0.6) is 0 Å². The monoisotopic (exact) mass is 637 g/mol. The maximum Gasteiger partial charge on any atom is 0.239 e. The molecular formula is C32H33Cl2N5O3S. The molecule has 0 unspecified atom stereocenters. The molecule has 0 aliphatic carbocycles. The number of nitrogens with zero attached hydrogens (tertiary/aromatic N) is 3. The van der Waals surface area contributed by atoms with E-state index in [1.54, 1.807) is 12.3 Å². The summed E-state index contributed by atoms with van der Waals surface area (Å²) in [5.74, 6) is -0.253. The molecule has 2 aliphatic rings. The third-order valence-corrected chi connectivity index (χ3v) is 9.95. The van der Waals surface area contributed by atoms with Gasteiger partial charge in [0, 0.05) is 65.0 Å². The van der Waals surface area contributed by atoms with Crippen LogP contribution in [0.25, 0.3) is 10.9 Å². The number of likely N-dealkylation sites (tertiary alicyclic amines) is 1. The lowest BCUT2D eigenvalue weighted by Gasteiger charge is -2.36. The number of carbonyl (C=O) groups excluding carboxylic acids is 2. The highest BCUT2D eigenvalue weighted by molar-refractivity contribution is 8.01. The van der Waals surface area contributed by atoms with Crippen LogP contribution < -0.4 is 5.32 Å². The van der Waals surface area contributed by atoms with Crippen LogP contribution in [-0.2, 0) is 20.9 Å². The van der Waals surface area contributed by atoms with Crippen molar-refractivity contribution in [1.29, 1.82) is 0 Å². The van der Waals surface area contributed by atoms with Gasteiger partial charge in [0.1, 0.15) is 9.90 Å². The molecule has 2 amide bonds. The number of pyridine rings is 1. The Hall–Kier alpha value is -3.08. The van der Waals surface area contributed by atoms with Gasteiger partial charge in [0.05, 0.1) is 25.7 Å². The number of amides is 2. The minimum atomic E-state index is -1.13. The first-order valence-corrected chi connectivity index (χ1v) is 16.0. The molecule has 0 spiro atoms. The predicted molar refractivity (Wildman–Crippen MR) is 170 cm³/mol. The number of thioether (sulfide) groups is 1. The number of ether oxygens (including phenoxy) is 1. The fraction of sp³-hybridized carbons (Fsp3) is 0.344. The van der Waals surface area contributed by atoms with E-state index in [2.05, 4.69) is 20.2 Å². The van der Waals surface area contributed by atoms with Gasteiger partial charge in [-0.25, -0.2) is 4.98 Å². The molecule has 0 bridgehead atoms. The third kappa shape index (κ3) is 6.56. The summed E-state index contributed by atoms with van der Waals surface area (Å²) >= 11 is 13.8. The molecule has 2 saturated heterocycles. The minimum absolute atomic E-state index is 0.0494. The average molecular weight is 639 g/mol. The van der Waals surface area contributed by atoms with Gasteiger partial charge >= 0.3 is 0 Å². The number of benzene rings is 2. The standard InChI is InChI=1S/C32H33Cl2N5O3S/c33-23-8-9-25-26(20-36-27(25)17-23)30-32(43-24-5-2-1-3-6-24,31(41)35-11-4-12-38-13-15-42-16-14-38)18-29(40)39(30)21-22-7-10-28(34)37-19-22/h1-3,5-10,17,19-20,30,36H,4,11-16,18,21H2,(H,35,41)/t30-,32-/m1/s1. The highest BCUT2D eigenvalue weighted by Crippen LogP contribution is 2.54. The lowest BCUT2D eigenvalue weighted by Crippen LogP contribution is -2.48. The molecule has 2 N–H and O–H groups in total. The second-order valence-corrected chi connectivity index (χ2v) is 13.1.